The third-order valence-corrected chi connectivity index (χ3v) is 10.3. The number of phenols is 1. The Hall–Kier alpha value is -4.78. The van der Waals surface area contributed by atoms with Crippen molar-refractivity contribution in [3.05, 3.63) is 114 Å². The molecule has 11 nitrogen and oxygen atoms in total. The number of rotatable bonds is 7. The van der Waals surface area contributed by atoms with E-state index < -0.39 is 53.7 Å². The fourth-order valence-electron chi connectivity index (χ4n) is 7.57. The summed E-state index contributed by atoms with van der Waals surface area (Å²) >= 11 is 0. The molecule has 1 amide bonds. The molecule has 6 atom stereocenters. The Morgan fingerprint density at radius 3 is 2.08 bits per heavy atom. The van der Waals surface area contributed by atoms with Crippen LogP contribution in [0.15, 0.2) is 103 Å². The van der Waals surface area contributed by atoms with Gasteiger partial charge in [-0.2, -0.15) is 0 Å². The first-order valence-electron chi connectivity index (χ1n) is 16.2. The van der Waals surface area contributed by atoms with E-state index in [9.17, 15) is 40.2 Å². The Bertz CT molecular complexity index is 1840. The average molecular weight is 668 g/mol. The molecule has 2 aliphatic heterocycles. The van der Waals surface area contributed by atoms with Gasteiger partial charge >= 0.3 is 5.97 Å². The van der Waals surface area contributed by atoms with E-state index >= 15 is 0 Å². The predicted molar refractivity (Wildman–Crippen MR) is 176 cm³/mol. The molecule has 4 aromatic carbocycles. The van der Waals surface area contributed by atoms with Crippen LogP contribution >= 0.6 is 0 Å². The highest BCUT2D eigenvalue weighted by atomic mass is 16.7. The Labute approximate surface area is 282 Å². The number of aliphatic hydroxyl groups is 4. The van der Waals surface area contributed by atoms with Crippen LogP contribution in [0.4, 0.5) is 5.69 Å². The Balaban J connectivity index is 1.16. The maximum Gasteiger partial charge on any atom is 0.335 e. The first kappa shape index (κ1) is 32.8. The number of β-lactam (4-membered cyclic amide) rings is 1. The van der Waals surface area contributed by atoms with Crippen molar-refractivity contribution in [2.24, 2.45) is 5.41 Å². The molecule has 11 heteroatoms. The number of hydrogen-bond donors (Lipinski definition) is 6. The number of aromatic hydroxyl groups is 1. The highest BCUT2D eigenvalue weighted by Crippen LogP contribution is 2.62. The van der Waals surface area contributed by atoms with Gasteiger partial charge < -0.3 is 45.0 Å². The molecule has 2 heterocycles. The van der Waals surface area contributed by atoms with Gasteiger partial charge in [-0.05, 0) is 72.7 Å². The quantitative estimate of drug-likeness (QED) is 0.159. The molecule has 0 bridgehead atoms. The van der Waals surface area contributed by atoms with E-state index in [1.807, 2.05) is 66.7 Å². The van der Waals surface area contributed by atoms with Gasteiger partial charge in [0.1, 0.15) is 29.8 Å². The van der Waals surface area contributed by atoms with Crippen molar-refractivity contribution in [2.75, 3.05) is 4.90 Å². The average Bonchev–Trinajstić information content (AvgIpc) is 3.12. The van der Waals surface area contributed by atoms with Crippen LogP contribution < -0.4 is 9.64 Å². The lowest BCUT2D eigenvalue weighted by Gasteiger charge is -2.59. The minimum absolute atomic E-state index is 0.0158. The van der Waals surface area contributed by atoms with E-state index in [0.717, 1.165) is 11.3 Å². The number of carboxylic acid groups (broad SMARTS) is 1. The first-order chi connectivity index (χ1) is 23.5. The van der Waals surface area contributed by atoms with Crippen LogP contribution in [0, 0.1) is 5.41 Å². The summed E-state index contributed by atoms with van der Waals surface area (Å²) in [5.41, 5.74) is 1.50. The van der Waals surface area contributed by atoms with Crippen LogP contribution in [-0.2, 0) is 19.9 Å². The Morgan fingerprint density at radius 2 is 1.43 bits per heavy atom. The van der Waals surface area contributed by atoms with Gasteiger partial charge in [0.2, 0.25) is 12.2 Å². The van der Waals surface area contributed by atoms with Crippen LogP contribution in [0.1, 0.15) is 42.9 Å². The summed E-state index contributed by atoms with van der Waals surface area (Å²) in [5, 5.41) is 63.0. The number of ether oxygens (including phenoxy) is 2. The van der Waals surface area contributed by atoms with Crippen LogP contribution in [0.5, 0.6) is 11.5 Å². The molecule has 4 aromatic rings. The number of para-hydroxylation sites is 1. The lowest BCUT2D eigenvalue weighted by molar-refractivity contribution is -0.271. The third-order valence-electron chi connectivity index (χ3n) is 10.3. The number of phenolic OH excluding ortho intramolecular Hbond substituents is 1. The van der Waals surface area contributed by atoms with E-state index in [1.165, 1.54) is 0 Å². The molecule has 0 radical (unpaired) electrons. The number of nitrogens with zero attached hydrogens (tertiary/aromatic N) is 1. The standard InChI is InChI=1S/C38H37NO10/c40-28-21-23(22-8-7-13-26(20-22)48-35-31(43)29(41)30(42)32(49-35)34(44)45)14-15-27(28)33-37(36(46)39(33)25-11-5-2-6-12-25)16-18-38(47,19-17-37)24-9-3-1-4-10-24/h1-15,20-21,29-33,35,40-43,47H,16-19H2,(H,44,45)/t29?,30-,31?,32?,33+,35+,37?,38?/m0/s1. The second-order valence-electron chi connectivity index (χ2n) is 13.1. The van der Waals surface area contributed by atoms with Crippen LogP contribution in [-0.4, -0.2) is 73.2 Å². The molecular weight excluding hydrogens is 630 g/mol. The number of carbonyl (C=O) groups excluding carboxylic acids is 1. The lowest BCUT2D eigenvalue weighted by Crippen LogP contribution is -2.65. The number of carboxylic acids is 1. The van der Waals surface area contributed by atoms with Gasteiger partial charge in [-0.3, -0.25) is 4.79 Å². The Morgan fingerprint density at radius 1 is 0.776 bits per heavy atom. The monoisotopic (exact) mass is 667 g/mol. The van der Waals surface area contributed by atoms with Crippen molar-refractivity contribution < 1.29 is 49.7 Å². The van der Waals surface area contributed by atoms with Crippen LogP contribution in [0.25, 0.3) is 11.1 Å². The molecule has 2 saturated heterocycles. The van der Waals surface area contributed by atoms with Crippen molar-refractivity contribution in [3.8, 4) is 22.6 Å². The second kappa shape index (κ2) is 12.6. The summed E-state index contributed by atoms with van der Waals surface area (Å²) in [7, 11) is 0. The smallest absolute Gasteiger partial charge is 0.335 e. The van der Waals surface area contributed by atoms with Gasteiger partial charge in [-0.1, -0.05) is 72.8 Å². The van der Waals surface area contributed by atoms with Crippen molar-refractivity contribution in [3.63, 3.8) is 0 Å². The molecule has 0 aromatic heterocycles. The molecular formula is C38H37NO10. The normalized spacial score (nSPS) is 31.3. The number of carbonyl (C=O) groups is 2. The first-order valence-corrected chi connectivity index (χ1v) is 16.2. The number of aliphatic carboxylic acids is 1. The molecule has 7 rings (SSSR count). The minimum atomic E-state index is -1.84. The molecule has 3 unspecified atom stereocenters. The predicted octanol–water partition coefficient (Wildman–Crippen LogP) is 3.87. The fraction of sp³-hybridized carbons (Fsp3) is 0.316. The van der Waals surface area contributed by atoms with Crippen LogP contribution in [0.2, 0.25) is 0 Å². The summed E-state index contributed by atoms with van der Waals surface area (Å²) in [6.45, 7) is 0. The number of anilines is 1. The zero-order valence-corrected chi connectivity index (χ0v) is 26.4. The minimum Gasteiger partial charge on any atom is -0.508 e. The second-order valence-corrected chi connectivity index (χ2v) is 13.1. The summed E-state index contributed by atoms with van der Waals surface area (Å²) in [6, 6.07) is 30.2. The van der Waals surface area contributed by atoms with E-state index in [2.05, 4.69) is 0 Å². The van der Waals surface area contributed by atoms with Crippen molar-refractivity contribution in [1.29, 1.82) is 0 Å². The SMILES string of the molecule is O=C(O)C1O[C@@H](Oc2cccc(-c3ccc([C@H]4N(c5ccccc5)C(=O)C45CCC(O)(c4ccccc4)CC5)c(O)c3)c2)C(O)C(O)[C@@H]1O. The van der Waals surface area contributed by atoms with Gasteiger partial charge in [0.25, 0.3) is 0 Å². The topological polar surface area (TPSA) is 177 Å². The molecule has 3 aliphatic rings. The van der Waals surface area contributed by atoms with Gasteiger partial charge in [0.05, 0.1) is 17.1 Å². The van der Waals surface area contributed by atoms with E-state index in [4.69, 9.17) is 9.47 Å². The zero-order chi connectivity index (χ0) is 34.5. The van der Waals surface area contributed by atoms with Crippen molar-refractivity contribution in [2.45, 2.75) is 68.0 Å². The van der Waals surface area contributed by atoms with Gasteiger partial charge in [0, 0.05) is 11.3 Å². The van der Waals surface area contributed by atoms with Gasteiger partial charge in [-0.25, -0.2) is 4.79 Å². The number of benzene rings is 4. The molecule has 1 saturated carbocycles. The van der Waals surface area contributed by atoms with E-state index in [0.29, 0.717) is 42.4 Å². The summed E-state index contributed by atoms with van der Waals surface area (Å²) in [6.07, 6.45) is -7.06. The van der Waals surface area contributed by atoms with E-state index in [1.54, 1.807) is 41.3 Å². The van der Waals surface area contributed by atoms with E-state index in [-0.39, 0.29) is 17.4 Å². The summed E-state index contributed by atoms with van der Waals surface area (Å²) in [4.78, 5) is 27.3. The summed E-state index contributed by atoms with van der Waals surface area (Å²) < 4.78 is 11.0. The number of hydrogen-bond acceptors (Lipinski definition) is 9. The highest BCUT2D eigenvalue weighted by Gasteiger charge is 2.64. The molecule has 6 N–H and O–H groups in total. The molecule has 254 valence electrons. The third kappa shape index (κ3) is 5.63. The molecule has 1 spiro atoms. The lowest BCUT2D eigenvalue weighted by atomic mass is 9.56. The largest absolute Gasteiger partial charge is 0.508 e. The van der Waals surface area contributed by atoms with Gasteiger partial charge in [-0.15, -0.1) is 0 Å². The van der Waals surface area contributed by atoms with Gasteiger partial charge in [0.15, 0.2) is 6.10 Å². The van der Waals surface area contributed by atoms with Crippen LogP contribution in [0.3, 0.4) is 0 Å². The Kier molecular flexibility index (Phi) is 8.42. The number of aliphatic hydroxyl groups excluding tert-OH is 3. The molecule has 1 aliphatic carbocycles. The maximum atomic E-state index is 14.0. The maximum absolute atomic E-state index is 14.0. The molecule has 3 fully saturated rings. The van der Waals surface area contributed by atoms with Crippen molar-refractivity contribution in [1.82, 2.24) is 0 Å². The molecule has 49 heavy (non-hydrogen) atoms. The van der Waals surface area contributed by atoms with Crippen molar-refractivity contribution >= 4 is 17.6 Å². The fourth-order valence-corrected chi connectivity index (χ4v) is 7.57. The summed E-state index contributed by atoms with van der Waals surface area (Å²) in [5.74, 6) is -1.39. The highest BCUT2D eigenvalue weighted by molar-refractivity contribution is 6.06. The number of amides is 1. The zero-order valence-electron chi connectivity index (χ0n) is 26.4.